The van der Waals surface area contributed by atoms with Crippen molar-refractivity contribution in [2.24, 2.45) is 0 Å². The molecule has 0 amide bonds. The molecule has 0 aliphatic heterocycles. The average molecular weight is 351 g/mol. The van der Waals surface area contributed by atoms with Crippen molar-refractivity contribution in [3.05, 3.63) is 56.2 Å². The van der Waals surface area contributed by atoms with Crippen LogP contribution in [-0.2, 0) is 16.6 Å². The molecule has 0 radical (unpaired) electrons. The van der Waals surface area contributed by atoms with Crippen LogP contribution in [0.5, 0.6) is 0 Å². The van der Waals surface area contributed by atoms with Crippen LogP contribution in [0.15, 0.2) is 34.5 Å². The van der Waals surface area contributed by atoms with Crippen LogP contribution >= 0.6 is 22.9 Å². The van der Waals surface area contributed by atoms with E-state index in [1.807, 2.05) is 0 Å². The van der Waals surface area contributed by atoms with E-state index in [4.69, 9.17) is 11.6 Å². The largest absolute Gasteiger partial charge is 0.300 e. The lowest BCUT2D eigenvalue weighted by molar-refractivity contribution is -0.384. The van der Waals surface area contributed by atoms with Crippen LogP contribution < -0.4 is 4.72 Å². The zero-order valence-corrected chi connectivity index (χ0v) is 12.6. The van der Waals surface area contributed by atoms with E-state index >= 15 is 0 Å². The molecule has 0 unspecified atom stereocenters. The lowest BCUT2D eigenvalue weighted by Crippen LogP contribution is -2.22. The molecule has 0 saturated carbocycles. The van der Waals surface area contributed by atoms with Gasteiger partial charge < -0.3 is 0 Å². The molecule has 2 rings (SSSR count). The predicted octanol–water partition coefficient (Wildman–Crippen LogP) is 2.93. The number of nitrogens with one attached hydrogen (secondary N) is 1. The molecule has 2 aromatic rings. The monoisotopic (exact) mass is 350 g/mol. The van der Waals surface area contributed by atoms with E-state index in [0.717, 1.165) is 6.07 Å². The Bertz CT molecular complexity index is 791. The van der Waals surface area contributed by atoms with Crippen LogP contribution in [0, 0.1) is 15.9 Å². The Hall–Kier alpha value is -1.55. The molecule has 21 heavy (non-hydrogen) atoms. The van der Waals surface area contributed by atoms with Crippen molar-refractivity contribution in [1.82, 2.24) is 4.72 Å². The first-order valence-electron chi connectivity index (χ1n) is 5.48. The first-order chi connectivity index (χ1) is 9.81. The molecule has 0 aliphatic carbocycles. The van der Waals surface area contributed by atoms with Gasteiger partial charge in [0.2, 0.25) is 0 Å². The molecular weight excluding hydrogens is 343 g/mol. The van der Waals surface area contributed by atoms with Crippen molar-refractivity contribution in [1.29, 1.82) is 0 Å². The summed E-state index contributed by atoms with van der Waals surface area (Å²) in [5, 5.41) is 10.6. The standard InChI is InChI=1S/C11H8ClFN2O4S2/c12-11-9(15(16)17)5-10(20-11)21(18,19)14-6-7-3-1-2-4-8(7)13/h1-5,14H,6H2. The fourth-order valence-corrected chi connectivity index (χ4v) is 4.20. The Morgan fingerprint density at radius 3 is 2.62 bits per heavy atom. The molecule has 1 aromatic heterocycles. The number of hydrogen-bond donors (Lipinski definition) is 1. The van der Waals surface area contributed by atoms with E-state index in [-0.39, 0.29) is 20.7 Å². The van der Waals surface area contributed by atoms with Gasteiger partial charge in [-0.05, 0) is 6.07 Å². The Kier molecular flexibility index (Phi) is 4.57. The second-order valence-electron chi connectivity index (χ2n) is 3.90. The number of hydrogen-bond acceptors (Lipinski definition) is 5. The van der Waals surface area contributed by atoms with Gasteiger partial charge in [-0.3, -0.25) is 10.1 Å². The van der Waals surface area contributed by atoms with E-state index in [0.29, 0.717) is 11.3 Å². The summed E-state index contributed by atoms with van der Waals surface area (Å²) >= 11 is 6.18. The average Bonchev–Trinajstić information content (AvgIpc) is 2.81. The summed E-state index contributed by atoms with van der Waals surface area (Å²) in [6.07, 6.45) is 0. The summed E-state index contributed by atoms with van der Waals surface area (Å²) in [6, 6.07) is 6.56. The maximum absolute atomic E-state index is 13.4. The fraction of sp³-hybridized carbons (Fsp3) is 0.0909. The third-order valence-corrected chi connectivity index (χ3v) is 5.73. The predicted molar refractivity (Wildman–Crippen MR) is 76.4 cm³/mol. The topological polar surface area (TPSA) is 89.3 Å². The zero-order valence-electron chi connectivity index (χ0n) is 10.2. The van der Waals surface area contributed by atoms with Crippen molar-refractivity contribution in [3.8, 4) is 0 Å². The molecule has 0 saturated heterocycles. The maximum Gasteiger partial charge on any atom is 0.300 e. The Morgan fingerprint density at radius 2 is 2.05 bits per heavy atom. The number of benzene rings is 1. The number of nitro groups is 1. The summed E-state index contributed by atoms with van der Waals surface area (Å²) in [7, 11) is -4.00. The Morgan fingerprint density at radius 1 is 1.38 bits per heavy atom. The number of nitrogens with zero attached hydrogens (tertiary/aromatic N) is 1. The van der Waals surface area contributed by atoms with Crippen LogP contribution in [0.3, 0.4) is 0 Å². The molecule has 6 nitrogen and oxygen atoms in total. The highest BCUT2D eigenvalue weighted by molar-refractivity contribution is 7.91. The number of rotatable bonds is 5. The minimum atomic E-state index is -4.00. The van der Waals surface area contributed by atoms with Gasteiger partial charge in [0.25, 0.3) is 15.7 Å². The number of halogens is 2. The third-order valence-electron chi connectivity index (χ3n) is 2.52. The SMILES string of the molecule is O=[N+]([O-])c1cc(S(=O)(=O)NCc2ccccc2F)sc1Cl. The highest BCUT2D eigenvalue weighted by Crippen LogP contribution is 2.36. The highest BCUT2D eigenvalue weighted by atomic mass is 35.5. The van der Waals surface area contributed by atoms with Crippen molar-refractivity contribution in [3.63, 3.8) is 0 Å². The second-order valence-corrected chi connectivity index (χ2v) is 7.55. The number of sulfonamides is 1. The first-order valence-corrected chi connectivity index (χ1v) is 8.16. The normalized spacial score (nSPS) is 11.5. The van der Waals surface area contributed by atoms with E-state index in [2.05, 4.69) is 4.72 Å². The Balaban J connectivity index is 2.21. The highest BCUT2D eigenvalue weighted by Gasteiger charge is 2.25. The molecular formula is C11H8ClFN2O4S2. The van der Waals surface area contributed by atoms with Crippen molar-refractivity contribution in [2.45, 2.75) is 10.8 Å². The summed E-state index contributed by atoms with van der Waals surface area (Å²) in [4.78, 5) is 9.88. The minimum Gasteiger partial charge on any atom is -0.258 e. The fourth-order valence-electron chi connectivity index (χ4n) is 1.48. The quantitative estimate of drug-likeness (QED) is 0.663. The van der Waals surface area contributed by atoms with Crippen LogP contribution in [-0.4, -0.2) is 13.3 Å². The lowest BCUT2D eigenvalue weighted by Gasteiger charge is -2.05. The van der Waals surface area contributed by atoms with Gasteiger partial charge in [-0.2, -0.15) is 0 Å². The summed E-state index contributed by atoms with van der Waals surface area (Å²) in [6.45, 7) is -0.266. The van der Waals surface area contributed by atoms with Gasteiger partial charge in [0.15, 0.2) is 4.34 Å². The molecule has 0 fully saturated rings. The van der Waals surface area contributed by atoms with Crippen LogP contribution in [0.1, 0.15) is 5.56 Å². The maximum atomic E-state index is 13.4. The van der Waals surface area contributed by atoms with Gasteiger partial charge in [-0.1, -0.05) is 29.8 Å². The van der Waals surface area contributed by atoms with Crippen LogP contribution in [0.2, 0.25) is 4.34 Å². The summed E-state index contributed by atoms with van der Waals surface area (Å²) < 4.78 is 39.0. The molecule has 10 heteroatoms. The van der Waals surface area contributed by atoms with Crippen molar-refractivity contribution >= 4 is 38.6 Å². The molecule has 0 spiro atoms. The summed E-state index contributed by atoms with van der Waals surface area (Å²) in [5.74, 6) is -0.546. The molecule has 1 N–H and O–H groups in total. The van der Waals surface area contributed by atoms with Crippen molar-refractivity contribution < 1.29 is 17.7 Å². The molecule has 0 bridgehead atoms. The molecule has 1 aromatic carbocycles. The van der Waals surface area contributed by atoms with E-state index in [1.54, 1.807) is 6.07 Å². The second kappa shape index (κ2) is 6.06. The van der Waals surface area contributed by atoms with Crippen molar-refractivity contribution in [2.75, 3.05) is 0 Å². The smallest absolute Gasteiger partial charge is 0.258 e. The molecule has 112 valence electrons. The molecule has 0 atom stereocenters. The van der Waals surface area contributed by atoms with Gasteiger partial charge in [-0.15, -0.1) is 11.3 Å². The third kappa shape index (κ3) is 3.56. The minimum absolute atomic E-state index is 0.165. The van der Waals surface area contributed by atoms with Gasteiger partial charge in [0.05, 0.1) is 4.92 Å². The van der Waals surface area contributed by atoms with E-state index < -0.39 is 26.5 Å². The first kappa shape index (κ1) is 15.8. The van der Waals surface area contributed by atoms with Gasteiger partial charge in [0, 0.05) is 18.2 Å². The van der Waals surface area contributed by atoms with Crippen LogP contribution in [0.4, 0.5) is 10.1 Å². The Labute approximate surface area is 128 Å². The van der Waals surface area contributed by atoms with Gasteiger partial charge >= 0.3 is 0 Å². The molecule has 1 heterocycles. The van der Waals surface area contributed by atoms with E-state index in [1.165, 1.54) is 18.2 Å². The van der Waals surface area contributed by atoms with Gasteiger partial charge in [0.1, 0.15) is 10.0 Å². The van der Waals surface area contributed by atoms with Gasteiger partial charge in [-0.25, -0.2) is 17.5 Å². The van der Waals surface area contributed by atoms with Crippen LogP contribution in [0.25, 0.3) is 0 Å². The lowest BCUT2D eigenvalue weighted by atomic mass is 10.2. The summed E-state index contributed by atoms with van der Waals surface area (Å²) in [5.41, 5.74) is -0.314. The zero-order chi connectivity index (χ0) is 15.6. The van der Waals surface area contributed by atoms with E-state index in [9.17, 15) is 22.9 Å². The molecule has 0 aliphatic rings. The number of thiophene rings is 1.